The topological polar surface area (TPSA) is 24.5 Å². The molecule has 0 aromatic rings. The van der Waals surface area contributed by atoms with Crippen molar-refractivity contribution in [2.45, 2.75) is 64.1 Å². The Hall–Kier alpha value is -0.120. The highest BCUT2D eigenvalue weighted by molar-refractivity contribution is 4.90. The van der Waals surface area contributed by atoms with Crippen LogP contribution < -0.4 is 5.32 Å². The van der Waals surface area contributed by atoms with E-state index in [-0.39, 0.29) is 5.60 Å². The van der Waals surface area contributed by atoms with Gasteiger partial charge in [-0.2, -0.15) is 0 Å². The highest BCUT2D eigenvalue weighted by Gasteiger charge is 2.34. The second-order valence-electron chi connectivity index (χ2n) is 6.86. The molecule has 0 amide bonds. The molecule has 2 atom stereocenters. The van der Waals surface area contributed by atoms with Gasteiger partial charge in [-0.3, -0.25) is 0 Å². The molecule has 1 N–H and O–H groups in total. The number of ether oxygens (including phenoxy) is 1. The maximum Gasteiger partial charge on any atom is 0.0637 e. The molecule has 1 saturated carbocycles. The Labute approximate surface area is 112 Å². The van der Waals surface area contributed by atoms with Gasteiger partial charge < -0.3 is 15.0 Å². The maximum absolute atomic E-state index is 5.49. The summed E-state index contributed by atoms with van der Waals surface area (Å²) in [6.45, 7) is 10.4. The lowest BCUT2D eigenvalue weighted by molar-refractivity contribution is 0.00833. The van der Waals surface area contributed by atoms with Crippen LogP contribution in [0.2, 0.25) is 0 Å². The molecule has 106 valence electrons. The Kier molecular flexibility index (Phi) is 4.68. The van der Waals surface area contributed by atoms with Gasteiger partial charge in [0.25, 0.3) is 0 Å². The lowest BCUT2D eigenvalue weighted by Gasteiger charge is -2.28. The smallest absolute Gasteiger partial charge is 0.0637 e. The van der Waals surface area contributed by atoms with Crippen molar-refractivity contribution in [2.75, 3.05) is 26.7 Å². The third kappa shape index (κ3) is 4.22. The van der Waals surface area contributed by atoms with Crippen LogP contribution in [-0.4, -0.2) is 49.3 Å². The predicted octanol–water partition coefficient (Wildman–Crippen LogP) is 2.26. The van der Waals surface area contributed by atoms with Crippen molar-refractivity contribution in [1.82, 2.24) is 10.2 Å². The van der Waals surface area contributed by atoms with Crippen molar-refractivity contribution in [3.8, 4) is 0 Å². The second kappa shape index (κ2) is 5.89. The molecule has 1 saturated heterocycles. The van der Waals surface area contributed by atoms with Crippen molar-refractivity contribution < 1.29 is 4.74 Å². The lowest BCUT2D eigenvalue weighted by atomic mass is 9.99. The van der Waals surface area contributed by atoms with E-state index in [2.05, 4.69) is 31.0 Å². The predicted molar refractivity (Wildman–Crippen MR) is 75.9 cm³/mol. The molecule has 0 radical (unpaired) electrons. The lowest BCUT2D eigenvalue weighted by Crippen LogP contribution is -2.38. The number of nitrogens with one attached hydrogen (secondary N) is 1. The molecule has 2 rings (SSSR count). The standard InChI is InChI=1S/C15H30N2O/c1-12(9-15(2,3)18-4)16-10-13-7-8-17(11-13)14-5-6-14/h12-14,16H,5-11H2,1-4H3. The minimum Gasteiger partial charge on any atom is -0.379 e. The monoisotopic (exact) mass is 254 g/mol. The van der Waals surface area contributed by atoms with Crippen LogP contribution in [0, 0.1) is 5.92 Å². The van der Waals surface area contributed by atoms with Crippen LogP contribution in [0.15, 0.2) is 0 Å². The first kappa shape index (κ1) is 14.3. The summed E-state index contributed by atoms with van der Waals surface area (Å²) in [6, 6.07) is 1.48. The number of nitrogens with zero attached hydrogens (tertiary/aromatic N) is 1. The molecule has 1 aliphatic heterocycles. The molecule has 1 heterocycles. The fraction of sp³-hybridized carbons (Fsp3) is 1.00. The van der Waals surface area contributed by atoms with Gasteiger partial charge in [0.15, 0.2) is 0 Å². The fourth-order valence-electron chi connectivity index (χ4n) is 3.06. The van der Waals surface area contributed by atoms with Gasteiger partial charge >= 0.3 is 0 Å². The molecule has 0 bridgehead atoms. The minimum atomic E-state index is -0.0118. The summed E-state index contributed by atoms with van der Waals surface area (Å²) in [6.07, 6.45) is 5.34. The van der Waals surface area contributed by atoms with Gasteiger partial charge in [-0.15, -0.1) is 0 Å². The Morgan fingerprint density at radius 2 is 2.06 bits per heavy atom. The summed E-state index contributed by atoms with van der Waals surface area (Å²) in [4.78, 5) is 2.69. The summed E-state index contributed by atoms with van der Waals surface area (Å²) in [5.41, 5.74) is -0.0118. The molecular weight excluding hydrogens is 224 g/mol. The van der Waals surface area contributed by atoms with Gasteiger partial charge in [0.2, 0.25) is 0 Å². The van der Waals surface area contributed by atoms with Gasteiger partial charge in [0, 0.05) is 25.7 Å². The first-order chi connectivity index (χ1) is 8.50. The molecule has 0 aromatic heterocycles. The Balaban J connectivity index is 1.62. The van der Waals surface area contributed by atoms with Crippen LogP contribution in [-0.2, 0) is 4.74 Å². The van der Waals surface area contributed by atoms with E-state index in [0.29, 0.717) is 6.04 Å². The summed E-state index contributed by atoms with van der Waals surface area (Å²) < 4.78 is 5.49. The summed E-state index contributed by atoms with van der Waals surface area (Å²) in [5.74, 6) is 0.860. The molecule has 3 heteroatoms. The van der Waals surface area contributed by atoms with Gasteiger partial charge in [0.05, 0.1) is 5.60 Å². The zero-order valence-electron chi connectivity index (χ0n) is 12.5. The van der Waals surface area contributed by atoms with E-state index < -0.39 is 0 Å². The van der Waals surface area contributed by atoms with E-state index in [4.69, 9.17) is 4.74 Å². The zero-order chi connectivity index (χ0) is 13.2. The van der Waals surface area contributed by atoms with Crippen molar-refractivity contribution >= 4 is 0 Å². The average molecular weight is 254 g/mol. The molecule has 3 nitrogen and oxygen atoms in total. The highest BCUT2D eigenvalue weighted by Crippen LogP contribution is 2.31. The summed E-state index contributed by atoms with van der Waals surface area (Å²) in [7, 11) is 1.80. The number of methoxy groups -OCH3 is 1. The maximum atomic E-state index is 5.49. The third-order valence-corrected chi connectivity index (χ3v) is 4.49. The molecule has 2 fully saturated rings. The fourth-order valence-corrected chi connectivity index (χ4v) is 3.06. The summed E-state index contributed by atoms with van der Waals surface area (Å²) in [5, 5.41) is 3.69. The molecule has 2 aliphatic rings. The third-order valence-electron chi connectivity index (χ3n) is 4.49. The van der Waals surface area contributed by atoms with Crippen LogP contribution in [0.25, 0.3) is 0 Å². The summed E-state index contributed by atoms with van der Waals surface area (Å²) >= 11 is 0. The first-order valence-corrected chi connectivity index (χ1v) is 7.53. The minimum absolute atomic E-state index is 0.0118. The number of likely N-dealkylation sites (tertiary alicyclic amines) is 1. The van der Waals surface area contributed by atoms with Gasteiger partial charge in [-0.25, -0.2) is 0 Å². The van der Waals surface area contributed by atoms with E-state index in [1.165, 1.54) is 38.9 Å². The van der Waals surface area contributed by atoms with Gasteiger partial charge in [0.1, 0.15) is 0 Å². The molecule has 2 unspecified atom stereocenters. The van der Waals surface area contributed by atoms with Crippen molar-refractivity contribution in [3.05, 3.63) is 0 Å². The van der Waals surface area contributed by atoms with Crippen molar-refractivity contribution in [1.29, 1.82) is 0 Å². The molecule has 0 spiro atoms. The van der Waals surface area contributed by atoms with Crippen LogP contribution in [0.1, 0.15) is 46.5 Å². The van der Waals surface area contributed by atoms with Crippen LogP contribution >= 0.6 is 0 Å². The molecule has 18 heavy (non-hydrogen) atoms. The molecular formula is C15H30N2O. The quantitative estimate of drug-likeness (QED) is 0.754. The number of rotatable bonds is 7. The van der Waals surface area contributed by atoms with Crippen LogP contribution in [0.4, 0.5) is 0 Å². The average Bonchev–Trinajstić information content (AvgIpc) is 3.06. The Bertz CT molecular complexity index is 263. The van der Waals surface area contributed by atoms with Gasteiger partial charge in [-0.05, 0) is 65.5 Å². The van der Waals surface area contributed by atoms with E-state index in [1.54, 1.807) is 7.11 Å². The number of hydrogen-bond acceptors (Lipinski definition) is 3. The second-order valence-corrected chi connectivity index (χ2v) is 6.86. The van der Waals surface area contributed by atoms with Gasteiger partial charge in [-0.1, -0.05) is 0 Å². The zero-order valence-corrected chi connectivity index (χ0v) is 12.5. The largest absolute Gasteiger partial charge is 0.379 e. The molecule has 1 aliphatic carbocycles. The van der Waals surface area contributed by atoms with Crippen molar-refractivity contribution in [3.63, 3.8) is 0 Å². The SMILES string of the molecule is COC(C)(C)CC(C)NCC1CCN(C2CC2)C1. The Morgan fingerprint density at radius 1 is 1.33 bits per heavy atom. The van der Waals surface area contributed by atoms with Crippen molar-refractivity contribution in [2.24, 2.45) is 5.92 Å². The van der Waals surface area contributed by atoms with E-state index >= 15 is 0 Å². The van der Waals surface area contributed by atoms with E-state index in [9.17, 15) is 0 Å². The Morgan fingerprint density at radius 3 is 2.67 bits per heavy atom. The number of hydrogen-bond donors (Lipinski definition) is 1. The molecule has 0 aromatic carbocycles. The first-order valence-electron chi connectivity index (χ1n) is 7.53. The van der Waals surface area contributed by atoms with E-state index in [0.717, 1.165) is 18.4 Å². The van der Waals surface area contributed by atoms with Crippen LogP contribution in [0.3, 0.4) is 0 Å². The highest BCUT2D eigenvalue weighted by atomic mass is 16.5. The van der Waals surface area contributed by atoms with Crippen LogP contribution in [0.5, 0.6) is 0 Å². The van der Waals surface area contributed by atoms with E-state index in [1.807, 2.05) is 0 Å². The normalized spacial score (nSPS) is 27.7.